The van der Waals surface area contributed by atoms with Crippen molar-refractivity contribution in [2.45, 2.75) is 135 Å². The number of aliphatic hydroxyl groups is 3. The van der Waals surface area contributed by atoms with Gasteiger partial charge in [-0.1, -0.05) is 94.0 Å². The van der Waals surface area contributed by atoms with Gasteiger partial charge in [0.15, 0.2) is 22.8 Å². The monoisotopic (exact) mass is 1090 g/mol. The minimum Gasteiger partial charge on any atom is -0.790 e. The van der Waals surface area contributed by atoms with E-state index in [0.717, 1.165) is 67.5 Å². The molecule has 2 amide bonds. The average Bonchev–Trinajstić information content (AvgIpc) is 3.86. The summed E-state index contributed by atoms with van der Waals surface area (Å²) in [7, 11) is -17.7. The highest BCUT2D eigenvalue weighted by atomic mass is 32.2. The van der Waals surface area contributed by atoms with Crippen LogP contribution < -0.4 is 35.9 Å². The molecule has 1 aliphatic heterocycles. The first-order valence-electron chi connectivity index (χ1n) is 23.2. The molecule has 0 spiro atoms. The Hall–Kier alpha value is -3.52. The second-order valence-corrected chi connectivity index (χ2v) is 22.3. The number of hydrogen-bond acceptors (Lipinski definition) is 23. The fourth-order valence-corrected chi connectivity index (χ4v) is 10.1. The van der Waals surface area contributed by atoms with E-state index in [4.69, 9.17) is 10.5 Å². The molecule has 2 aromatic heterocycles. The number of anilines is 1. The van der Waals surface area contributed by atoms with E-state index in [1.165, 1.54) is 33.1 Å². The van der Waals surface area contributed by atoms with Gasteiger partial charge in [-0.15, -0.1) is 0 Å². The normalized spacial score (nSPS) is 20.4. The van der Waals surface area contributed by atoms with Crippen LogP contribution in [0.5, 0.6) is 0 Å². The fraction of sp³-hybridized carbons (Fsp3) is 0.628. The molecule has 72 heavy (non-hydrogen) atoms. The summed E-state index contributed by atoms with van der Waals surface area (Å²) in [5, 5.41) is 36.4. The molecule has 0 bridgehead atoms. The van der Waals surface area contributed by atoms with Crippen molar-refractivity contribution in [2.24, 2.45) is 5.41 Å². The van der Waals surface area contributed by atoms with Crippen molar-refractivity contribution in [3.8, 4) is 0 Å². The maximum atomic E-state index is 12.7. The van der Waals surface area contributed by atoms with Crippen LogP contribution in [-0.4, -0.2) is 114 Å². The fourth-order valence-electron chi connectivity index (χ4n) is 6.66. The number of nitrogens with one attached hydrogen (secondary N) is 2. The predicted octanol–water partition coefficient (Wildman–Crippen LogP) is 2.03. The van der Waals surface area contributed by atoms with Crippen LogP contribution in [0.3, 0.4) is 0 Å². The van der Waals surface area contributed by atoms with Crippen molar-refractivity contribution < 1.29 is 85.6 Å². The maximum Gasteiger partial charge on any atom is 0.274 e. The number of ether oxygens (including phenoxy) is 1. The van der Waals surface area contributed by atoms with Gasteiger partial charge in [0.2, 0.25) is 11.8 Å². The Balaban J connectivity index is 1.29. The van der Waals surface area contributed by atoms with Crippen LogP contribution in [0.4, 0.5) is 5.82 Å². The predicted molar refractivity (Wildman–Crippen MR) is 257 cm³/mol. The lowest BCUT2D eigenvalue weighted by Gasteiger charge is -2.36. The number of thioether (sulfide) groups is 1. The Morgan fingerprint density at radius 1 is 0.903 bits per heavy atom. The second-order valence-electron chi connectivity index (χ2n) is 17.1. The maximum absolute atomic E-state index is 12.7. The highest BCUT2D eigenvalue weighted by Crippen LogP contribution is 2.56. The minimum absolute atomic E-state index is 0.0265. The zero-order valence-corrected chi connectivity index (χ0v) is 43.8. The van der Waals surface area contributed by atoms with Gasteiger partial charge in [0.05, 0.1) is 33.5 Å². The number of nitrogens with zero attached hydrogens (tertiary/aromatic N) is 4. The van der Waals surface area contributed by atoms with Gasteiger partial charge in [0, 0.05) is 37.1 Å². The van der Waals surface area contributed by atoms with Crippen molar-refractivity contribution in [1.29, 1.82) is 0 Å². The first-order chi connectivity index (χ1) is 33.9. The van der Waals surface area contributed by atoms with E-state index in [1.807, 2.05) is 0 Å². The quantitative estimate of drug-likeness (QED) is 0.0327. The third-order valence-corrected chi connectivity index (χ3v) is 14.4. The molecule has 1 aliphatic rings. The summed E-state index contributed by atoms with van der Waals surface area (Å²) in [6.45, 7) is 2.15. The molecule has 7 N–H and O–H groups in total. The number of unbranched alkanes of at least 4 members (excludes halogenated alkanes) is 4. The average molecular weight is 1090 g/mol. The molecule has 3 heterocycles. The molecule has 1 saturated heterocycles. The number of aromatic nitrogens is 4. The lowest BCUT2D eigenvalue weighted by molar-refractivity contribution is -0.347. The van der Waals surface area contributed by atoms with Crippen LogP contribution in [-0.2, 0) is 50.7 Å². The summed E-state index contributed by atoms with van der Waals surface area (Å²) in [5.41, 5.74) is 4.05. The molecule has 29 heteroatoms. The number of allylic oxidation sites excluding steroid dienone is 8. The van der Waals surface area contributed by atoms with Crippen molar-refractivity contribution in [2.75, 3.05) is 37.8 Å². The molecule has 25 nitrogen and oxygen atoms in total. The standard InChI is InChI=1S/C43H70N7O18P3S/c1-4-5-6-7-8-9-10-11-12-13-14-15-16-17-18-19-20-21-31(51)26-34(53)72-25-24-45-33(52)22-23-46-41(56)38(55)43(2,3)28-65-71(62,63)68-70(60,61)64-27-32-37(67-69(57,58)59)36(54)42(66-32)50-30-49-35-39(44)47-29-48-40(35)50/h8-9,11-12,14-15,17-18,29-32,36-38,42,51,54-55H,4-7,10,13,16,19-28H2,1-3H3,(H,45,52)(H,46,56)(H,60,61)(H,62,63)(H2,44,47,48)(H2,57,58,59)/p-4/b9-8-,12-11-,15-14-,18-17-/t31-,32-,36-,37-,38+,42-/m1/s1. The zero-order valence-electron chi connectivity index (χ0n) is 40.3. The summed E-state index contributed by atoms with van der Waals surface area (Å²) in [6, 6.07) is 0. The number of hydrogen-bond donors (Lipinski definition) is 6. The number of phosphoric ester groups is 3. The van der Waals surface area contributed by atoms with Crippen LogP contribution in [0.25, 0.3) is 11.2 Å². The highest BCUT2D eigenvalue weighted by molar-refractivity contribution is 8.13. The summed E-state index contributed by atoms with van der Waals surface area (Å²) >= 11 is 0.963. The number of nitrogen functional groups attached to an aromatic ring is 1. The van der Waals surface area contributed by atoms with Crippen LogP contribution in [0.15, 0.2) is 61.3 Å². The topological polar surface area (TPSA) is 395 Å². The molecule has 0 saturated carbocycles. The second kappa shape index (κ2) is 31.4. The van der Waals surface area contributed by atoms with E-state index in [0.29, 0.717) is 6.42 Å². The van der Waals surface area contributed by atoms with Crippen LogP contribution in [0.1, 0.15) is 104 Å². The molecule has 0 aromatic carbocycles. The number of rotatable bonds is 35. The molecule has 2 unspecified atom stereocenters. The SMILES string of the molecule is CCCCC/C=C\C/C=C\C/C=C\C/C=C\CCC[C@@H](O)CC(=O)SCCNC(=O)CCNC(=O)[C@H](O)C(C)(C)COP(=O)([O-])OP(=O)([O-])OC[C@H]1O[C@@H](n2cnc3c(N)ncnc32)[C@H](O)[C@@H]1OP(=O)([O-])[O-]. The number of imidazole rings is 1. The number of nitrogens with two attached hydrogens (primary N) is 1. The van der Waals surface area contributed by atoms with E-state index < -0.39 is 90.7 Å². The molecule has 2 aromatic rings. The number of aliphatic hydroxyl groups excluding tert-OH is 3. The lowest BCUT2D eigenvalue weighted by Crippen LogP contribution is -2.46. The Kier molecular flexibility index (Phi) is 27.4. The minimum atomic E-state index is -5.94. The number of fused-ring (bicyclic) bond motifs is 1. The van der Waals surface area contributed by atoms with Gasteiger partial charge in [-0.05, 0) is 51.4 Å². The molecular weight excluding hydrogens is 1030 g/mol. The summed E-state index contributed by atoms with van der Waals surface area (Å²) in [6.07, 6.45) is 18.1. The van der Waals surface area contributed by atoms with Crippen molar-refractivity contribution in [1.82, 2.24) is 30.2 Å². The van der Waals surface area contributed by atoms with Gasteiger partial charge in [-0.2, -0.15) is 0 Å². The van der Waals surface area contributed by atoms with Crippen molar-refractivity contribution in [3.63, 3.8) is 0 Å². The molecule has 0 aliphatic carbocycles. The summed E-state index contributed by atoms with van der Waals surface area (Å²) < 4.78 is 60.8. The van der Waals surface area contributed by atoms with Gasteiger partial charge < -0.3 is 74.1 Å². The van der Waals surface area contributed by atoms with Gasteiger partial charge in [0.25, 0.3) is 15.6 Å². The molecule has 0 radical (unpaired) electrons. The van der Waals surface area contributed by atoms with Gasteiger partial charge in [-0.25, -0.2) is 19.3 Å². The number of phosphoric acid groups is 3. The number of amides is 2. The molecule has 3 rings (SSSR count). The Bertz CT molecular complexity index is 2300. The number of carbonyl (C=O) groups excluding carboxylic acids is 3. The summed E-state index contributed by atoms with van der Waals surface area (Å²) in [5.74, 6) is -1.37. The smallest absolute Gasteiger partial charge is 0.274 e. The zero-order chi connectivity index (χ0) is 53.4. The van der Waals surface area contributed by atoms with E-state index in [9.17, 15) is 63.0 Å². The van der Waals surface area contributed by atoms with Gasteiger partial charge in [0.1, 0.15) is 36.3 Å². The molecule has 8 atom stereocenters. The van der Waals surface area contributed by atoms with Crippen molar-refractivity contribution in [3.05, 3.63) is 61.3 Å². The van der Waals surface area contributed by atoms with Gasteiger partial charge in [-0.3, -0.25) is 28.1 Å². The molecule has 1 fully saturated rings. The first kappa shape index (κ1) is 62.8. The lowest BCUT2D eigenvalue weighted by atomic mass is 9.87. The molecular formula is C43H66N7O18P3S-4. The van der Waals surface area contributed by atoms with E-state index in [-0.39, 0.29) is 53.8 Å². The Morgan fingerprint density at radius 3 is 2.17 bits per heavy atom. The largest absolute Gasteiger partial charge is 0.790 e. The Morgan fingerprint density at radius 2 is 1.53 bits per heavy atom. The van der Waals surface area contributed by atoms with E-state index in [1.54, 1.807) is 0 Å². The van der Waals surface area contributed by atoms with Crippen LogP contribution in [0, 0.1) is 5.41 Å². The number of carbonyl (C=O) groups is 3. The third-order valence-electron chi connectivity index (χ3n) is 10.5. The first-order valence-corrected chi connectivity index (χ1v) is 28.6. The molecule has 406 valence electrons. The van der Waals surface area contributed by atoms with E-state index in [2.05, 4.69) is 99.0 Å². The van der Waals surface area contributed by atoms with E-state index >= 15 is 0 Å². The highest BCUT2D eigenvalue weighted by Gasteiger charge is 2.47. The van der Waals surface area contributed by atoms with Crippen molar-refractivity contribution >= 4 is 69.1 Å². The van der Waals surface area contributed by atoms with Gasteiger partial charge >= 0.3 is 0 Å². The van der Waals surface area contributed by atoms with Crippen LogP contribution in [0.2, 0.25) is 0 Å². The van der Waals surface area contributed by atoms with Crippen LogP contribution >= 0.6 is 35.2 Å². The third kappa shape index (κ3) is 23.8. The Labute approximate surface area is 422 Å². The summed E-state index contributed by atoms with van der Waals surface area (Å²) in [4.78, 5) is 97.0.